The van der Waals surface area contributed by atoms with Gasteiger partial charge in [0.05, 0.1) is 39.6 Å². The summed E-state index contributed by atoms with van der Waals surface area (Å²) in [6.45, 7) is 1.86. The molecule has 12 nitrogen and oxygen atoms in total. The third-order valence-electron chi connectivity index (χ3n) is 5.76. The molecule has 0 bridgehead atoms. The minimum Gasteiger partial charge on any atom is -0.385 e. The van der Waals surface area contributed by atoms with Crippen molar-refractivity contribution in [3.05, 3.63) is 61.2 Å². The maximum atomic E-state index is 4.29. The lowest BCUT2D eigenvalue weighted by Crippen LogP contribution is -2.25. The lowest BCUT2D eigenvalue weighted by Gasteiger charge is -2.08. The first-order chi connectivity index (χ1) is 18.0. The van der Waals surface area contributed by atoms with Gasteiger partial charge in [0.2, 0.25) is 12.7 Å². The van der Waals surface area contributed by atoms with Crippen molar-refractivity contribution < 1.29 is 9.13 Å². The number of hydrogen-bond acceptors (Lipinski definition) is 8. The molecule has 0 fully saturated rings. The number of rotatable bonds is 12. The van der Waals surface area contributed by atoms with Crippen LogP contribution in [0, 0.1) is 0 Å². The molecule has 192 valence electrons. The first-order valence-electron chi connectivity index (χ1n) is 12.3. The Bertz CT molecular complexity index is 1190. The SMILES string of the molecule is Cn1nc[n+](C)c1N=Nc1ccc(NCCCCCNc2ccc(N=Nc3n(C)nc[n+]3C)cc2)cc1. The number of nitrogens with zero attached hydrogens (tertiary/aromatic N) is 10. The van der Waals surface area contributed by atoms with Gasteiger partial charge in [-0.25, -0.2) is 9.13 Å². The third-order valence-corrected chi connectivity index (χ3v) is 5.76. The molecular formula is C25H34N12+2. The number of azo groups is 2. The Morgan fingerprint density at radius 1 is 0.622 bits per heavy atom. The smallest absolute Gasteiger partial charge is 0.385 e. The van der Waals surface area contributed by atoms with Crippen LogP contribution in [0.2, 0.25) is 0 Å². The zero-order chi connectivity index (χ0) is 26.0. The van der Waals surface area contributed by atoms with Gasteiger partial charge in [0.1, 0.15) is 0 Å². The fraction of sp³-hybridized carbons (Fsp3) is 0.360. The van der Waals surface area contributed by atoms with Crippen LogP contribution in [0.25, 0.3) is 0 Å². The lowest BCUT2D eigenvalue weighted by atomic mass is 10.2. The molecule has 2 aromatic heterocycles. The van der Waals surface area contributed by atoms with Crippen molar-refractivity contribution in [2.45, 2.75) is 19.3 Å². The molecule has 0 atom stereocenters. The molecule has 0 saturated carbocycles. The van der Waals surface area contributed by atoms with Gasteiger partial charge in [-0.3, -0.25) is 0 Å². The summed E-state index contributed by atoms with van der Waals surface area (Å²) in [6.07, 6.45) is 6.75. The van der Waals surface area contributed by atoms with Crippen molar-refractivity contribution in [2.75, 3.05) is 23.7 Å². The topological polar surface area (TPSA) is 117 Å². The summed E-state index contributed by atoms with van der Waals surface area (Å²) in [5, 5.41) is 32.3. The summed E-state index contributed by atoms with van der Waals surface area (Å²) in [6, 6.07) is 15.9. The highest BCUT2D eigenvalue weighted by atomic mass is 15.4. The molecule has 0 radical (unpaired) electrons. The molecule has 4 rings (SSSR count). The van der Waals surface area contributed by atoms with Crippen molar-refractivity contribution in [3.63, 3.8) is 0 Å². The summed E-state index contributed by atoms with van der Waals surface area (Å²) >= 11 is 0. The van der Waals surface area contributed by atoms with E-state index in [4.69, 9.17) is 0 Å². The molecular weight excluding hydrogens is 468 g/mol. The van der Waals surface area contributed by atoms with Crippen LogP contribution in [-0.4, -0.2) is 32.7 Å². The number of hydrogen-bond donors (Lipinski definition) is 2. The molecule has 0 aliphatic heterocycles. The molecule has 0 unspecified atom stereocenters. The van der Waals surface area contributed by atoms with Gasteiger partial charge < -0.3 is 10.6 Å². The second-order valence-electron chi connectivity index (χ2n) is 8.74. The van der Waals surface area contributed by atoms with E-state index in [1.807, 2.05) is 85.9 Å². The minimum absolute atomic E-state index is 0.686. The Hall–Kier alpha value is -4.48. The van der Waals surface area contributed by atoms with Crippen LogP contribution in [0.3, 0.4) is 0 Å². The minimum atomic E-state index is 0.686. The zero-order valence-corrected chi connectivity index (χ0v) is 21.8. The summed E-state index contributed by atoms with van der Waals surface area (Å²) in [5.74, 6) is 1.37. The molecule has 0 spiro atoms. The van der Waals surface area contributed by atoms with E-state index in [-0.39, 0.29) is 0 Å². The Balaban J connectivity index is 1.10. The second kappa shape index (κ2) is 12.5. The van der Waals surface area contributed by atoms with Gasteiger partial charge in [0.25, 0.3) is 0 Å². The van der Waals surface area contributed by atoms with Crippen molar-refractivity contribution in [2.24, 2.45) is 48.6 Å². The van der Waals surface area contributed by atoms with E-state index in [0.29, 0.717) is 11.9 Å². The lowest BCUT2D eigenvalue weighted by molar-refractivity contribution is -0.659. The monoisotopic (exact) mass is 502 g/mol. The van der Waals surface area contributed by atoms with Crippen LogP contribution in [0.4, 0.5) is 34.6 Å². The van der Waals surface area contributed by atoms with Crippen LogP contribution in [0.15, 0.2) is 81.6 Å². The van der Waals surface area contributed by atoms with Gasteiger partial charge >= 0.3 is 11.9 Å². The zero-order valence-electron chi connectivity index (χ0n) is 21.8. The first kappa shape index (κ1) is 25.6. The molecule has 0 aliphatic rings. The maximum Gasteiger partial charge on any atom is 0.403 e. The molecule has 2 aromatic carbocycles. The van der Waals surface area contributed by atoms with E-state index < -0.39 is 0 Å². The van der Waals surface area contributed by atoms with E-state index in [2.05, 4.69) is 41.3 Å². The number of benzene rings is 2. The molecule has 2 N–H and O–H groups in total. The van der Waals surface area contributed by atoms with Gasteiger partial charge in [0.15, 0.2) is 0 Å². The third kappa shape index (κ3) is 7.26. The largest absolute Gasteiger partial charge is 0.403 e. The Morgan fingerprint density at radius 2 is 1.03 bits per heavy atom. The van der Waals surface area contributed by atoms with Crippen LogP contribution in [0.5, 0.6) is 0 Å². The Labute approximate surface area is 216 Å². The van der Waals surface area contributed by atoms with Crippen molar-refractivity contribution in [1.82, 2.24) is 19.6 Å². The van der Waals surface area contributed by atoms with E-state index in [1.165, 1.54) is 0 Å². The molecule has 37 heavy (non-hydrogen) atoms. The number of unbranched alkanes of at least 4 members (excludes halogenated alkanes) is 2. The van der Waals surface area contributed by atoms with Crippen molar-refractivity contribution >= 4 is 34.6 Å². The average Bonchev–Trinajstić information content (AvgIpc) is 3.41. The molecule has 0 saturated heterocycles. The highest BCUT2D eigenvalue weighted by Crippen LogP contribution is 2.20. The molecule has 0 aliphatic carbocycles. The van der Waals surface area contributed by atoms with Gasteiger partial charge in [0, 0.05) is 34.7 Å². The predicted octanol–water partition coefficient (Wildman–Crippen LogP) is 4.33. The van der Waals surface area contributed by atoms with E-state index in [1.54, 1.807) is 22.0 Å². The summed E-state index contributed by atoms with van der Waals surface area (Å²) < 4.78 is 7.02. The fourth-order valence-electron chi connectivity index (χ4n) is 3.63. The molecule has 4 aromatic rings. The van der Waals surface area contributed by atoms with Crippen LogP contribution in [-0.2, 0) is 28.2 Å². The van der Waals surface area contributed by atoms with Crippen molar-refractivity contribution in [3.8, 4) is 0 Å². The standard InChI is InChI=1S/C25H32N12/c1-34-18-28-36(3)24(34)32-30-22-12-8-20(9-13-22)26-16-6-5-7-17-27-21-10-14-23(15-11-21)31-33-25-35(2)19-29-37(25)4/h8-15,18-19H,5-7,16-17H2,1-4H3/p+2. The molecule has 0 amide bonds. The van der Waals surface area contributed by atoms with Gasteiger partial charge in [-0.1, -0.05) is 10.2 Å². The average molecular weight is 503 g/mol. The quantitative estimate of drug-likeness (QED) is 0.170. The van der Waals surface area contributed by atoms with Crippen molar-refractivity contribution in [1.29, 1.82) is 0 Å². The van der Waals surface area contributed by atoms with Gasteiger partial charge in [-0.2, -0.15) is 0 Å². The van der Waals surface area contributed by atoms with E-state index in [9.17, 15) is 0 Å². The fourth-order valence-corrected chi connectivity index (χ4v) is 3.63. The van der Waals surface area contributed by atoms with Gasteiger partial charge in [-0.15, -0.1) is 9.36 Å². The number of aryl methyl sites for hydroxylation is 4. The predicted molar refractivity (Wildman–Crippen MR) is 141 cm³/mol. The molecule has 12 heteroatoms. The molecule has 2 heterocycles. The normalized spacial score (nSPS) is 11.6. The highest BCUT2D eigenvalue weighted by molar-refractivity contribution is 5.51. The second-order valence-corrected chi connectivity index (χ2v) is 8.74. The number of aromatic nitrogens is 6. The van der Waals surface area contributed by atoms with Crippen LogP contribution in [0.1, 0.15) is 19.3 Å². The van der Waals surface area contributed by atoms with Crippen LogP contribution < -0.4 is 19.8 Å². The maximum absolute atomic E-state index is 4.29. The highest BCUT2D eigenvalue weighted by Gasteiger charge is 2.12. The first-order valence-corrected chi connectivity index (χ1v) is 12.3. The van der Waals surface area contributed by atoms with E-state index in [0.717, 1.165) is 55.1 Å². The number of nitrogens with one attached hydrogen (secondary N) is 2. The Kier molecular flexibility index (Phi) is 8.63. The summed E-state index contributed by atoms with van der Waals surface area (Å²) in [7, 11) is 7.46. The summed E-state index contributed by atoms with van der Waals surface area (Å²) in [4.78, 5) is 0. The van der Waals surface area contributed by atoms with E-state index >= 15 is 0 Å². The van der Waals surface area contributed by atoms with Gasteiger partial charge in [-0.05, 0) is 78.0 Å². The Morgan fingerprint density at radius 3 is 1.38 bits per heavy atom. The number of anilines is 2. The summed E-state index contributed by atoms with van der Waals surface area (Å²) in [5.41, 5.74) is 3.77. The van der Waals surface area contributed by atoms with Crippen LogP contribution >= 0.6 is 0 Å².